The first-order chi connectivity index (χ1) is 6.53. The molecule has 1 aliphatic heterocycles. The number of aliphatic carboxylic acids is 1. The van der Waals surface area contributed by atoms with Gasteiger partial charge < -0.3 is 10.0 Å². The molecule has 0 saturated carbocycles. The SMILES string of the molecule is CCC1(CC)CN(CC(C)C(=O)O)C1. The van der Waals surface area contributed by atoms with Crippen LogP contribution in [0.3, 0.4) is 0 Å². The van der Waals surface area contributed by atoms with Crippen molar-refractivity contribution in [3.05, 3.63) is 0 Å². The van der Waals surface area contributed by atoms with Crippen molar-refractivity contribution in [2.24, 2.45) is 11.3 Å². The van der Waals surface area contributed by atoms with Crippen molar-refractivity contribution in [3.8, 4) is 0 Å². The van der Waals surface area contributed by atoms with Crippen LogP contribution in [0.1, 0.15) is 33.6 Å². The molecular formula is C11H21NO2. The Morgan fingerprint density at radius 2 is 1.93 bits per heavy atom. The molecule has 1 aliphatic rings. The van der Waals surface area contributed by atoms with Crippen molar-refractivity contribution in [1.82, 2.24) is 4.90 Å². The van der Waals surface area contributed by atoms with E-state index in [-0.39, 0.29) is 5.92 Å². The van der Waals surface area contributed by atoms with Crippen molar-refractivity contribution < 1.29 is 9.90 Å². The minimum absolute atomic E-state index is 0.235. The van der Waals surface area contributed by atoms with Gasteiger partial charge in [0.25, 0.3) is 0 Å². The van der Waals surface area contributed by atoms with Crippen LogP contribution in [0.5, 0.6) is 0 Å². The van der Waals surface area contributed by atoms with Crippen molar-refractivity contribution in [2.75, 3.05) is 19.6 Å². The summed E-state index contributed by atoms with van der Waals surface area (Å²) in [4.78, 5) is 12.9. The molecule has 1 unspecified atom stereocenters. The average molecular weight is 199 g/mol. The van der Waals surface area contributed by atoms with E-state index in [1.165, 1.54) is 12.8 Å². The van der Waals surface area contributed by atoms with Crippen molar-refractivity contribution in [1.29, 1.82) is 0 Å². The molecule has 1 rings (SSSR count). The molecule has 0 amide bonds. The van der Waals surface area contributed by atoms with E-state index in [0.29, 0.717) is 12.0 Å². The van der Waals surface area contributed by atoms with Crippen LogP contribution in [0.15, 0.2) is 0 Å². The number of rotatable bonds is 5. The first-order valence-electron chi connectivity index (χ1n) is 5.48. The third-order valence-corrected chi connectivity index (χ3v) is 3.57. The smallest absolute Gasteiger partial charge is 0.307 e. The van der Waals surface area contributed by atoms with Crippen LogP contribution in [0.4, 0.5) is 0 Å². The van der Waals surface area contributed by atoms with Crippen molar-refractivity contribution in [3.63, 3.8) is 0 Å². The van der Waals surface area contributed by atoms with Crippen LogP contribution >= 0.6 is 0 Å². The molecule has 1 fully saturated rings. The van der Waals surface area contributed by atoms with E-state index in [0.717, 1.165) is 13.1 Å². The summed E-state index contributed by atoms with van der Waals surface area (Å²) in [5.41, 5.74) is 0.484. The zero-order valence-corrected chi connectivity index (χ0v) is 9.42. The van der Waals surface area contributed by atoms with Gasteiger partial charge in [-0.25, -0.2) is 0 Å². The summed E-state index contributed by atoms with van der Waals surface area (Å²) < 4.78 is 0. The molecule has 0 aromatic carbocycles. The van der Waals surface area contributed by atoms with E-state index in [9.17, 15) is 4.79 Å². The Labute approximate surface area is 86.1 Å². The van der Waals surface area contributed by atoms with E-state index in [1.54, 1.807) is 6.92 Å². The summed E-state index contributed by atoms with van der Waals surface area (Å²) in [7, 11) is 0. The Bertz CT molecular complexity index is 203. The molecule has 0 radical (unpaired) electrons. The number of hydrogen-bond donors (Lipinski definition) is 1. The first kappa shape index (κ1) is 11.5. The van der Waals surface area contributed by atoms with E-state index in [2.05, 4.69) is 18.7 Å². The molecule has 0 bridgehead atoms. The van der Waals surface area contributed by atoms with Crippen molar-refractivity contribution in [2.45, 2.75) is 33.6 Å². The van der Waals surface area contributed by atoms with Gasteiger partial charge in [0.15, 0.2) is 0 Å². The van der Waals surface area contributed by atoms with Gasteiger partial charge in [-0.3, -0.25) is 4.79 Å². The monoisotopic (exact) mass is 199 g/mol. The van der Waals surface area contributed by atoms with Gasteiger partial charge in [-0.05, 0) is 18.3 Å². The Morgan fingerprint density at radius 1 is 1.43 bits per heavy atom. The normalized spacial score (nSPS) is 22.8. The molecule has 0 aromatic rings. The summed E-state index contributed by atoms with van der Waals surface area (Å²) in [5, 5.41) is 8.77. The van der Waals surface area contributed by atoms with E-state index < -0.39 is 5.97 Å². The zero-order chi connectivity index (χ0) is 10.8. The zero-order valence-electron chi connectivity index (χ0n) is 9.42. The molecule has 1 heterocycles. The molecule has 1 N–H and O–H groups in total. The Balaban J connectivity index is 2.30. The van der Waals surface area contributed by atoms with Gasteiger partial charge in [-0.15, -0.1) is 0 Å². The fourth-order valence-corrected chi connectivity index (χ4v) is 2.19. The van der Waals surface area contributed by atoms with E-state index in [1.807, 2.05) is 0 Å². The predicted molar refractivity (Wildman–Crippen MR) is 56.3 cm³/mol. The average Bonchev–Trinajstić information content (AvgIpc) is 2.10. The molecule has 0 aromatic heterocycles. The Morgan fingerprint density at radius 3 is 2.29 bits per heavy atom. The third kappa shape index (κ3) is 2.27. The van der Waals surface area contributed by atoms with Gasteiger partial charge in [0, 0.05) is 19.6 Å². The molecular weight excluding hydrogens is 178 g/mol. The van der Waals surface area contributed by atoms with Gasteiger partial charge in [0.05, 0.1) is 5.92 Å². The van der Waals surface area contributed by atoms with Crippen LogP contribution in [0, 0.1) is 11.3 Å². The summed E-state index contributed by atoms with van der Waals surface area (Å²) in [5.74, 6) is -0.919. The summed E-state index contributed by atoms with van der Waals surface area (Å²) in [6.07, 6.45) is 2.42. The van der Waals surface area contributed by atoms with Crippen LogP contribution < -0.4 is 0 Å². The fraction of sp³-hybridized carbons (Fsp3) is 0.909. The summed E-state index contributed by atoms with van der Waals surface area (Å²) >= 11 is 0. The maximum Gasteiger partial charge on any atom is 0.307 e. The lowest BCUT2D eigenvalue weighted by Gasteiger charge is -2.50. The number of nitrogens with zero attached hydrogens (tertiary/aromatic N) is 1. The summed E-state index contributed by atoms with van der Waals surface area (Å²) in [6, 6.07) is 0. The lowest BCUT2D eigenvalue weighted by Crippen LogP contribution is -2.57. The topological polar surface area (TPSA) is 40.5 Å². The van der Waals surface area contributed by atoms with Crippen LogP contribution in [0.25, 0.3) is 0 Å². The largest absolute Gasteiger partial charge is 0.481 e. The molecule has 1 atom stereocenters. The molecule has 3 heteroatoms. The standard InChI is InChI=1S/C11H21NO2/c1-4-11(5-2)7-12(8-11)6-9(3)10(13)14/h9H,4-8H2,1-3H3,(H,13,14). The Kier molecular flexibility index (Phi) is 3.53. The van der Waals surface area contributed by atoms with Gasteiger partial charge in [-0.2, -0.15) is 0 Å². The highest BCUT2D eigenvalue weighted by Gasteiger charge is 2.40. The summed E-state index contributed by atoms with van der Waals surface area (Å²) in [6.45, 7) is 9.09. The maximum atomic E-state index is 10.6. The number of hydrogen-bond acceptors (Lipinski definition) is 2. The number of carbonyl (C=O) groups is 1. The predicted octanol–water partition coefficient (Wildman–Crippen LogP) is 1.83. The molecule has 0 aliphatic carbocycles. The van der Waals surface area contributed by atoms with Gasteiger partial charge in [0.2, 0.25) is 0 Å². The molecule has 0 spiro atoms. The number of carboxylic acid groups (broad SMARTS) is 1. The second-order valence-electron chi connectivity index (χ2n) is 4.62. The van der Waals surface area contributed by atoms with Crippen LogP contribution in [0.2, 0.25) is 0 Å². The van der Waals surface area contributed by atoms with Gasteiger partial charge >= 0.3 is 5.97 Å². The van der Waals surface area contributed by atoms with Gasteiger partial charge in [-0.1, -0.05) is 20.8 Å². The fourth-order valence-electron chi connectivity index (χ4n) is 2.19. The molecule has 3 nitrogen and oxygen atoms in total. The minimum Gasteiger partial charge on any atom is -0.481 e. The number of likely N-dealkylation sites (tertiary alicyclic amines) is 1. The Hall–Kier alpha value is -0.570. The maximum absolute atomic E-state index is 10.6. The quantitative estimate of drug-likeness (QED) is 0.734. The minimum atomic E-state index is -0.685. The third-order valence-electron chi connectivity index (χ3n) is 3.57. The van der Waals surface area contributed by atoms with E-state index in [4.69, 9.17) is 5.11 Å². The van der Waals surface area contributed by atoms with Crippen molar-refractivity contribution >= 4 is 5.97 Å². The first-order valence-corrected chi connectivity index (χ1v) is 5.48. The highest BCUT2D eigenvalue weighted by atomic mass is 16.4. The second kappa shape index (κ2) is 4.30. The highest BCUT2D eigenvalue weighted by Crippen LogP contribution is 2.37. The molecule has 1 saturated heterocycles. The number of carboxylic acids is 1. The van der Waals surface area contributed by atoms with Crippen LogP contribution in [-0.4, -0.2) is 35.6 Å². The second-order valence-corrected chi connectivity index (χ2v) is 4.62. The van der Waals surface area contributed by atoms with E-state index >= 15 is 0 Å². The lowest BCUT2D eigenvalue weighted by molar-refractivity contribution is -0.143. The van der Waals surface area contributed by atoms with Gasteiger partial charge in [0.1, 0.15) is 0 Å². The molecule has 82 valence electrons. The molecule has 14 heavy (non-hydrogen) atoms. The van der Waals surface area contributed by atoms with Crippen LogP contribution in [-0.2, 0) is 4.79 Å². The highest BCUT2D eigenvalue weighted by molar-refractivity contribution is 5.69. The lowest BCUT2D eigenvalue weighted by atomic mass is 9.75.